The number of aliphatic hydroxyl groups is 4. The topological polar surface area (TPSA) is 126 Å². The first-order valence-electron chi connectivity index (χ1n) is 6.78. The van der Waals surface area contributed by atoms with Crippen molar-refractivity contribution in [3.8, 4) is 0 Å². The fourth-order valence-corrected chi connectivity index (χ4v) is 2.20. The molecule has 0 fully saturated rings. The van der Waals surface area contributed by atoms with Gasteiger partial charge in [-0.2, -0.15) is 0 Å². The molecule has 3 atom stereocenters. The minimum absolute atomic E-state index is 0.0779. The Morgan fingerprint density at radius 3 is 2.24 bits per heavy atom. The molecule has 0 aromatic rings. The minimum Gasteiger partial charge on any atom is -0.490 e. The zero-order valence-electron chi connectivity index (χ0n) is 12.1. The van der Waals surface area contributed by atoms with E-state index in [1.54, 1.807) is 13.8 Å². The van der Waals surface area contributed by atoms with Crippen LogP contribution in [0.5, 0.6) is 0 Å². The highest BCUT2D eigenvalue weighted by atomic mass is 16.6. The van der Waals surface area contributed by atoms with E-state index in [0.29, 0.717) is 0 Å². The number of aliphatic hydroxyl groups excluding tert-OH is 4. The van der Waals surface area contributed by atoms with Gasteiger partial charge in [-0.05, 0) is 13.8 Å². The van der Waals surface area contributed by atoms with Crippen LogP contribution in [0.1, 0.15) is 20.3 Å². The lowest BCUT2D eigenvalue weighted by Gasteiger charge is -2.34. The van der Waals surface area contributed by atoms with Crippen LogP contribution in [0.3, 0.4) is 0 Å². The summed E-state index contributed by atoms with van der Waals surface area (Å²) in [6.45, 7) is 2.35. The second-order valence-electron chi connectivity index (χ2n) is 4.54. The van der Waals surface area contributed by atoms with Crippen molar-refractivity contribution < 1.29 is 39.4 Å². The summed E-state index contributed by atoms with van der Waals surface area (Å²) in [6.07, 6.45) is -3.12. The summed E-state index contributed by atoms with van der Waals surface area (Å²) in [6, 6.07) is 0. The van der Waals surface area contributed by atoms with Crippen molar-refractivity contribution in [3.05, 3.63) is 11.5 Å². The highest BCUT2D eigenvalue weighted by Crippen LogP contribution is 2.40. The third-order valence-electron chi connectivity index (χ3n) is 3.09. The maximum absolute atomic E-state index is 11.9. The number of carbonyl (C=O) groups excluding carboxylic acids is 1. The van der Waals surface area contributed by atoms with Crippen LogP contribution in [0.15, 0.2) is 11.5 Å². The van der Waals surface area contributed by atoms with Crippen molar-refractivity contribution in [1.29, 1.82) is 0 Å². The molecule has 8 nitrogen and oxygen atoms in total. The Hall–Kier alpha value is -1.35. The summed E-state index contributed by atoms with van der Waals surface area (Å²) in [4.78, 5) is 11.9. The molecule has 122 valence electrons. The molecule has 0 amide bonds. The maximum atomic E-state index is 11.9. The lowest BCUT2D eigenvalue weighted by Crippen LogP contribution is -2.50. The number of carbonyl (C=O) groups is 1. The summed E-state index contributed by atoms with van der Waals surface area (Å²) >= 11 is 0. The number of hydrogen-bond acceptors (Lipinski definition) is 8. The normalized spacial score (nSPS) is 24.8. The SMILES string of the molecule is CCOC1=C(OCC)[C@@](CC(O)CO)([C@@H](O)CO)OC1=O. The van der Waals surface area contributed by atoms with Crippen molar-refractivity contribution in [3.63, 3.8) is 0 Å². The van der Waals surface area contributed by atoms with Crippen molar-refractivity contribution in [2.45, 2.75) is 38.1 Å². The Balaban J connectivity index is 3.29. The zero-order chi connectivity index (χ0) is 16.0. The minimum atomic E-state index is -1.78. The van der Waals surface area contributed by atoms with Gasteiger partial charge >= 0.3 is 5.97 Å². The molecule has 0 spiro atoms. The van der Waals surface area contributed by atoms with Gasteiger partial charge in [0, 0.05) is 6.42 Å². The van der Waals surface area contributed by atoms with Gasteiger partial charge in [-0.15, -0.1) is 0 Å². The van der Waals surface area contributed by atoms with Gasteiger partial charge in [-0.3, -0.25) is 0 Å². The molecule has 8 heteroatoms. The van der Waals surface area contributed by atoms with E-state index in [1.165, 1.54) is 0 Å². The second-order valence-corrected chi connectivity index (χ2v) is 4.54. The Morgan fingerprint density at radius 1 is 1.14 bits per heavy atom. The second kappa shape index (κ2) is 7.60. The smallest absolute Gasteiger partial charge is 0.378 e. The van der Waals surface area contributed by atoms with Gasteiger partial charge in [-0.1, -0.05) is 0 Å². The van der Waals surface area contributed by atoms with Gasteiger partial charge < -0.3 is 34.6 Å². The van der Waals surface area contributed by atoms with Crippen LogP contribution in [0.4, 0.5) is 0 Å². The first kappa shape index (κ1) is 17.7. The van der Waals surface area contributed by atoms with Gasteiger partial charge in [0.15, 0.2) is 5.76 Å². The van der Waals surface area contributed by atoms with E-state index in [9.17, 15) is 20.1 Å². The quantitative estimate of drug-likeness (QED) is 0.386. The van der Waals surface area contributed by atoms with Crippen molar-refractivity contribution in [1.82, 2.24) is 0 Å². The first-order chi connectivity index (χ1) is 9.96. The Morgan fingerprint density at radius 2 is 1.76 bits per heavy atom. The van der Waals surface area contributed by atoms with Gasteiger partial charge in [-0.25, -0.2) is 4.79 Å². The zero-order valence-corrected chi connectivity index (χ0v) is 12.1. The number of rotatable bonds is 9. The Labute approximate surface area is 122 Å². The predicted octanol–water partition coefficient (Wildman–Crippen LogP) is -1.34. The summed E-state index contributed by atoms with van der Waals surface area (Å²) in [5.41, 5.74) is -1.78. The summed E-state index contributed by atoms with van der Waals surface area (Å²) in [7, 11) is 0. The van der Waals surface area contributed by atoms with Crippen molar-refractivity contribution in [2.75, 3.05) is 26.4 Å². The molecule has 1 heterocycles. The van der Waals surface area contributed by atoms with Crippen LogP contribution in [-0.4, -0.2) is 70.6 Å². The third kappa shape index (κ3) is 3.46. The highest BCUT2D eigenvalue weighted by molar-refractivity contribution is 5.90. The van der Waals surface area contributed by atoms with Gasteiger partial charge in [0.1, 0.15) is 6.10 Å². The molecule has 1 unspecified atom stereocenters. The number of hydrogen-bond donors (Lipinski definition) is 4. The maximum Gasteiger partial charge on any atom is 0.378 e. The molecule has 21 heavy (non-hydrogen) atoms. The summed E-state index contributed by atoms with van der Waals surface area (Å²) in [5.74, 6) is -1.12. The molecule has 0 radical (unpaired) electrons. The molecular weight excluding hydrogens is 284 g/mol. The van der Waals surface area contributed by atoms with E-state index in [-0.39, 0.29) is 31.2 Å². The fraction of sp³-hybridized carbons (Fsp3) is 0.769. The van der Waals surface area contributed by atoms with Crippen molar-refractivity contribution in [2.24, 2.45) is 0 Å². The number of esters is 1. The molecular formula is C13H22O8. The standard InChI is InChI=1S/C13H22O8/c1-3-19-10-11(20-4-2)13(9(17)7-15,21-12(10)18)5-8(16)6-14/h8-9,14-17H,3-7H2,1-2H3/t8?,9-,13+/m0/s1. The molecule has 0 aromatic carbocycles. The van der Waals surface area contributed by atoms with E-state index in [1.807, 2.05) is 0 Å². The molecule has 0 aromatic heterocycles. The van der Waals surface area contributed by atoms with E-state index >= 15 is 0 Å². The summed E-state index contributed by atoms with van der Waals surface area (Å²) < 4.78 is 15.7. The molecule has 0 saturated carbocycles. The average molecular weight is 306 g/mol. The first-order valence-corrected chi connectivity index (χ1v) is 6.78. The van der Waals surface area contributed by atoms with Crippen LogP contribution in [0.2, 0.25) is 0 Å². The average Bonchev–Trinajstić information content (AvgIpc) is 2.73. The monoisotopic (exact) mass is 306 g/mol. The van der Waals surface area contributed by atoms with Crippen LogP contribution < -0.4 is 0 Å². The van der Waals surface area contributed by atoms with Crippen molar-refractivity contribution >= 4 is 5.97 Å². The van der Waals surface area contributed by atoms with Crippen LogP contribution >= 0.6 is 0 Å². The molecule has 0 aliphatic carbocycles. The molecule has 1 rings (SSSR count). The van der Waals surface area contributed by atoms with Crippen LogP contribution in [0.25, 0.3) is 0 Å². The van der Waals surface area contributed by atoms with Gasteiger partial charge in [0.2, 0.25) is 11.4 Å². The third-order valence-corrected chi connectivity index (χ3v) is 3.09. The van der Waals surface area contributed by atoms with E-state index in [0.717, 1.165) is 0 Å². The highest BCUT2D eigenvalue weighted by Gasteiger charge is 2.56. The predicted molar refractivity (Wildman–Crippen MR) is 69.9 cm³/mol. The van der Waals surface area contributed by atoms with Crippen LogP contribution in [-0.2, 0) is 19.0 Å². The lowest BCUT2D eigenvalue weighted by molar-refractivity contribution is -0.171. The largest absolute Gasteiger partial charge is 0.490 e. The molecule has 1 aliphatic rings. The van der Waals surface area contributed by atoms with E-state index in [4.69, 9.17) is 19.3 Å². The van der Waals surface area contributed by atoms with Gasteiger partial charge in [0.05, 0.1) is 32.5 Å². The Kier molecular flexibility index (Phi) is 6.41. The lowest BCUT2D eigenvalue weighted by atomic mass is 9.88. The molecule has 0 saturated heterocycles. The van der Waals surface area contributed by atoms with E-state index in [2.05, 4.69) is 0 Å². The Bertz CT molecular complexity index is 394. The summed E-state index contributed by atoms with van der Waals surface area (Å²) in [5, 5.41) is 37.9. The molecule has 4 N–H and O–H groups in total. The molecule has 0 bridgehead atoms. The number of ether oxygens (including phenoxy) is 3. The number of cyclic esters (lactones) is 1. The van der Waals surface area contributed by atoms with Crippen LogP contribution in [0, 0.1) is 0 Å². The fourth-order valence-electron chi connectivity index (χ4n) is 2.20. The molecule has 1 aliphatic heterocycles. The van der Waals surface area contributed by atoms with Gasteiger partial charge in [0.25, 0.3) is 0 Å². The van der Waals surface area contributed by atoms with E-state index < -0.39 is 37.0 Å².